The van der Waals surface area contributed by atoms with Crippen molar-refractivity contribution in [2.45, 2.75) is 25.9 Å². The molecule has 1 aromatic rings. The van der Waals surface area contributed by atoms with Gasteiger partial charge in [0.25, 0.3) is 5.91 Å². The molecule has 2 saturated heterocycles. The molecular weight excluding hydrogens is 296 g/mol. The lowest BCUT2D eigenvalue weighted by atomic mass is 10.2. The number of carbonyl (C=O) groups excluding carboxylic acids is 1. The minimum atomic E-state index is -0.00705. The van der Waals surface area contributed by atoms with Crippen molar-refractivity contribution in [2.75, 3.05) is 52.5 Å². The van der Waals surface area contributed by atoms with E-state index in [4.69, 9.17) is 13.9 Å². The van der Waals surface area contributed by atoms with E-state index in [1.807, 2.05) is 17.9 Å². The third kappa shape index (κ3) is 4.56. The lowest BCUT2D eigenvalue weighted by molar-refractivity contribution is 0.00642. The molecule has 3 rings (SSSR count). The number of rotatable bonds is 6. The van der Waals surface area contributed by atoms with E-state index >= 15 is 0 Å². The third-order valence-corrected chi connectivity index (χ3v) is 4.49. The molecule has 0 aromatic carbocycles. The van der Waals surface area contributed by atoms with Gasteiger partial charge in [-0.25, -0.2) is 0 Å². The molecule has 6 nitrogen and oxygen atoms in total. The summed E-state index contributed by atoms with van der Waals surface area (Å²) in [5, 5.41) is 0. The maximum absolute atomic E-state index is 12.3. The van der Waals surface area contributed by atoms with Gasteiger partial charge >= 0.3 is 0 Å². The SMILES string of the molecule is Cc1ccc(C(=O)N2CCN(CCOC[C@H]3CCCO3)CC2)o1. The Morgan fingerprint density at radius 3 is 2.78 bits per heavy atom. The van der Waals surface area contributed by atoms with Crippen LogP contribution in [0.5, 0.6) is 0 Å². The van der Waals surface area contributed by atoms with Gasteiger partial charge in [-0.05, 0) is 31.9 Å². The van der Waals surface area contributed by atoms with Crippen LogP contribution in [0.3, 0.4) is 0 Å². The second-order valence-electron chi connectivity index (χ2n) is 6.25. The molecule has 6 heteroatoms. The largest absolute Gasteiger partial charge is 0.456 e. The summed E-state index contributed by atoms with van der Waals surface area (Å²) >= 11 is 0. The highest BCUT2D eigenvalue weighted by molar-refractivity contribution is 5.91. The fourth-order valence-electron chi connectivity index (χ4n) is 3.06. The van der Waals surface area contributed by atoms with Gasteiger partial charge in [-0.1, -0.05) is 0 Å². The Kier molecular flexibility index (Phi) is 5.70. The van der Waals surface area contributed by atoms with Crippen LogP contribution in [0, 0.1) is 6.92 Å². The lowest BCUT2D eigenvalue weighted by Gasteiger charge is -2.34. The molecule has 0 spiro atoms. The van der Waals surface area contributed by atoms with Gasteiger partial charge in [-0.15, -0.1) is 0 Å². The zero-order valence-corrected chi connectivity index (χ0v) is 13.8. The first-order chi connectivity index (χ1) is 11.2. The fraction of sp³-hybridized carbons (Fsp3) is 0.706. The molecule has 3 heterocycles. The molecule has 0 unspecified atom stereocenters. The van der Waals surface area contributed by atoms with Gasteiger partial charge in [0, 0.05) is 39.3 Å². The van der Waals surface area contributed by atoms with E-state index in [1.54, 1.807) is 6.07 Å². The molecule has 2 aliphatic rings. The second kappa shape index (κ2) is 7.95. The quantitative estimate of drug-likeness (QED) is 0.744. The standard InChI is InChI=1S/C17H26N2O4/c1-14-4-5-16(23-14)17(20)19-8-6-18(7-9-19)10-12-21-13-15-3-2-11-22-15/h4-5,15H,2-3,6-13H2,1H3/t15-/m1/s1. The van der Waals surface area contributed by atoms with Crippen molar-refractivity contribution in [2.24, 2.45) is 0 Å². The number of aryl methyl sites for hydroxylation is 1. The van der Waals surface area contributed by atoms with E-state index in [0.29, 0.717) is 18.5 Å². The molecule has 0 saturated carbocycles. The molecule has 23 heavy (non-hydrogen) atoms. The highest BCUT2D eigenvalue weighted by Gasteiger charge is 2.24. The summed E-state index contributed by atoms with van der Waals surface area (Å²) in [6, 6.07) is 3.58. The number of piperazine rings is 1. The Hall–Kier alpha value is -1.37. The van der Waals surface area contributed by atoms with Gasteiger partial charge in [-0.3, -0.25) is 9.69 Å². The minimum absolute atomic E-state index is 0.00705. The Balaban J connectivity index is 1.32. The van der Waals surface area contributed by atoms with Crippen LogP contribution in [0.25, 0.3) is 0 Å². The average molecular weight is 322 g/mol. The maximum Gasteiger partial charge on any atom is 0.289 e. The van der Waals surface area contributed by atoms with Crippen LogP contribution in [0.4, 0.5) is 0 Å². The highest BCUT2D eigenvalue weighted by atomic mass is 16.5. The summed E-state index contributed by atoms with van der Waals surface area (Å²) in [5.74, 6) is 1.21. The van der Waals surface area contributed by atoms with Gasteiger partial charge in [0.05, 0.1) is 19.3 Å². The summed E-state index contributed by atoms with van der Waals surface area (Å²) in [6.07, 6.45) is 2.56. The Bertz CT molecular complexity index is 502. The average Bonchev–Trinajstić information content (AvgIpc) is 3.23. The van der Waals surface area contributed by atoms with E-state index in [2.05, 4.69) is 4.90 Å². The van der Waals surface area contributed by atoms with Crippen LogP contribution in [0.15, 0.2) is 16.5 Å². The molecule has 1 aromatic heterocycles. The van der Waals surface area contributed by atoms with Gasteiger partial charge in [0.2, 0.25) is 0 Å². The van der Waals surface area contributed by atoms with E-state index in [-0.39, 0.29) is 5.91 Å². The summed E-state index contributed by atoms with van der Waals surface area (Å²) in [6.45, 7) is 8.32. The van der Waals surface area contributed by atoms with Crippen LogP contribution in [-0.4, -0.2) is 74.4 Å². The van der Waals surface area contributed by atoms with Crippen LogP contribution >= 0.6 is 0 Å². The van der Waals surface area contributed by atoms with Crippen molar-refractivity contribution in [3.63, 3.8) is 0 Å². The predicted octanol–water partition coefficient (Wildman–Crippen LogP) is 1.54. The van der Waals surface area contributed by atoms with Gasteiger partial charge in [-0.2, -0.15) is 0 Å². The first kappa shape index (κ1) is 16.5. The molecule has 1 amide bonds. The monoisotopic (exact) mass is 322 g/mol. The van der Waals surface area contributed by atoms with Gasteiger partial charge in [0.15, 0.2) is 5.76 Å². The molecule has 0 aliphatic carbocycles. The van der Waals surface area contributed by atoms with Crippen molar-refractivity contribution in [3.8, 4) is 0 Å². The minimum Gasteiger partial charge on any atom is -0.456 e. The molecule has 0 radical (unpaired) electrons. The number of furan rings is 1. The Labute approximate surface area is 137 Å². The second-order valence-corrected chi connectivity index (χ2v) is 6.25. The van der Waals surface area contributed by atoms with Crippen LogP contribution in [0.2, 0.25) is 0 Å². The number of carbonyl (C=O) groups is 1. The van der Waals surface area contributed by atoms with E-state index in [9.17, 15) is 4.79 Å². The topological polar surface area (TPSA) is 55.2 Å². The summed E-state index contributed by atoms with van der Waals surface area (Å²) < 4.78 is 16.7. The summed E-state index contributed by atoms with van der Waals surface area (Å²) in [5.41, 5.74) is 0. The van der Waals surface area contributed by atoms with Crippen molar-refractivity contribution < 1.29 is 18.7 Å². The van der Waals surface area contributed by atoms with Gasteiger partial charge in [0.1, 0.15) is 5.76 Å². The lowest BCUT2D eigenvalue weighted by Crippen LogP contribution is -2.49. The Morgan fingerprint density at radius 2 is 2.13 bits per heavy atom. The first-order valence-corrected chi connectivity index (χ1v) is 8.50. The zero-order valence-electron chi connectivity index (χ0n) is 13.8. The number of amides is 1. The normalized spacial score (nSPS) is 22.7. The molecular formula is C17H26N2O4. The maximum atomic E-state index is 12.3. The molecule has 2 aliphatic heterocycles. The Morgan fingerprint density at radius 1 is 1.30 bits per heavy atom. The molecule has 1 atom stereocenters. The van der Waals surface area contributed by atoms with Crippen LogP contribution in [0.1, 0.15) is 29.2 Å². The zero-order chi connectivity index (χ0) is 16.1. The third-order valence-electron chi connectivity index (χ3n) is 4.49. The van der Waals surface area contributed by atoms with Gasteiger partial charge < -0.3 is 18.8 Å². The molecule has 128 valence electrons. The summed E-state index contributed by atoms with van der Waals surface area (Å²) in [7, 11) is 0. The van der Waals surface area contributed by atoms with Crippen LogP contribution < -0.4 is 0 Å². The molecule has 0 N–H and O–H groups in total. The molecule has 0 bridgehead atoms. The number of nitrogens with zero attached hydrogens (tertiary/aromatic N) is 2. The number of hydrogen-bond acceptors (Lipinski definition) is 5. The van der Waals surface area contributed by atoms with Crippen molar-refractivity contribution in [1.82, 2.24) is 9.80 Å². The highest BCUT2D eigenvalue weighted by Crippen LogP contribution is 2.13. The first-order valence-electron chi connectivity index (χ1n) is 8.50. The predicted molar refractivity (Wildman–Crippen MR) is 85.6 cm³/mol. The number of hydrogen-bond donors (Lipinski definition) is 0. The molecule has 2 fully saturated rings. The smallest absolute Gasteiger partial charge is 0.289 e. The van der Waals surface area contributed by atoms with E-state index < -0.39 is 0 Å². The number of ether oxygens (including phenoxy) is 2. The summed E-state index contributed by atoms with van der Waals surface area (Å²) in [4.78, 5) is 16.5. The van der Waals surface area contributed by atoms with Crippen molar-refractivity contribution in [3.05, 3.63) is 23.7 Å². The van der Waals surface area contributed by atoms with Crippen molar-refractivity contribution in [1.29, 1.82) is 0 Å². The van der Waals surface area contributed by atoms with Crippen LogP contribution in [-0.2, 0) is 9.47 Å². The fourth-order valence-corrected chi connectivity index (χ4v) is 3.06. The van der Waals surface area contributed by atoms with Crippen molar-refractivity contribution >= 4 is 5.91 Å². The van der Waals surface area contributed by atoms with E-state index in [1.165, 1.54) is 0 Å². The van der Waals surface area contributed by atoms with E-state index in [0.717, 1.165) is 64.5 Å².